The van der Waals surface area contributed by atoms with Crippen molar-refractivity contribution in [1.29, 1.82) is 0 Å². The van der Waals surface area contributed by atoms with Crippen LogP contribution in [0.15, 0.2) is 34.4 Å². The van der Waals surface area contributed by atoms with Gasteiger partial charge in [-0.05, 0) is 24.1 Å². The minimum absolute atomic E-state index is 0.0386. The van der Waals surface area contributed by atoms with Crippen LogP contribution in [0, 0.1) is 5.92 Å². The van der Waals surface area contributed by atoms with Crippen molar-refractivity contribution in [2.45, 2.75) is 26.3 Å². The average Bonchev–Trinajstić information content (AvgIpc) is 3.18. The molecule has 126 valence electrons. The lowest BCUT2D eigenvalue weighted by Crippen LogP contribution is -2.32. The highest BCUT2D eigenvalue weighted by molar-refractivity contribution is 7.07. The van der Waals surface area contributed by atoms with Gasteiger partial charge in [-0.3, -0.25) is 14.4 Å². The summed E-state index contributed by atoms with van der Waals surface area (Å²) < 4.78 is 0. The number of benzene rings is 1. The number of amides is 2. The largest absolute Gasteiger partial charge is 0.350 e. The smallest absolute Gasteiger partial charge is 0.304 e. The van der Waals surface area contributed by atoms with Crippen molar-refractivity contribution in [3.05, 3.63) is 50.6 Å². The molecule has 2 amide bonds. The van der Waals surface area contributed by atoms with Gasteiger partial charge in [0.25, 0.3) is 0 Å². The Morgan fingerprint density at radius 1 is 1.33 bits per heavy atom. The second-order valence-electron chi connectivity index (χ2n) is 5.82. The number of nitrogens with zero attached hydrogens (tertiary/aromatic N) is 1. The van der Waals surface area contributed by atoms with E-state index >= 15 is 0 Å². The molecule has 3 rings (SSSR count). The van der Waals surface area contributed by atoms with E-state index in [-0.39, 0.29) is 35.6 Å². The molecular formula is C17H19N3O3S. The topological polar surface area (TPSA) is 82.3 Å². The van der Waals surface area contributed by atoms with Gasteiger partial charge in [-0.25, -0.2) is 0 Å². The van der Waals surface area contributed by atoms with Crippen LogP contribution in [0.1, 0.15) is 24.6 Å². The van der Waals surface area contributed by atoms with Crippen LogP contribution in [-0.2, 0) is 22.6 Å². The summed E-state index contributed by atoms with van der Waals surface area (Å²) in [6.45, 7) is 2.74. The zero-order valence-electron chi connectivity index (χ0n) is 13.4. The summed E-state index contributed by atoms with van der Waals surface area (Å²) >= 11 is 1.06. The molecule has 0 spiro atoms. The van der Waals surface area contributed by atoms with Gasteiger partial charge in [-0.15, -0.1) is 0 Å². The van der Waals surface area contributed by atoms with Gasteiger partial charge in [-0.2, -0.15) is 0 Å². The summed E-state index contributed by atoms with van der Waals surface area (Å²) in [6, 6.07) is 7.85. The number of aryl methyl sites for hydroxylation is 1. The molecule has 0 unspecified atom stereocenters. The number of nitrogens with one attached hydrogen (secondary N) is 2. The van der Waals surface area contributed by atoms with E-state index in [4.69, 9.17) is 0 Å². The Kier molecular flexibility index (Phi) is 4.80. The predicted octanol–water partition coefficient (Wildman–Crippen LogP) is 1.67. The maximum atomic E-state index is 12.3. The fourth-order valence-corrected chi connectivity index (χ4v) is 3.35. The Morgan fingerprint density at radius 3 is 2.71 bits per heavy atom. The number of carbonyl (C=O) groups excluding carboxylic acids is 2. The Hall–Kier alpha value is -2.41. The molecule has 2 heterocycles. The third-order valence-electron chi connectivity index (χ3n) is 4.18. The fraction of sp³-hybridized carbons (Fsp3) is 0.353. The first kappa shape index (κ1) is 16.4. The highest BCUT2D eigenvalue weighted by Crippen LogP contribution is 2.25. The minimum Gasteiger partial charge on any atom is -0.350 e. The number of thiazole rings is 1. The van der Waals surface area contributed by atoms with Crippen LogP contribution in [-0.4, -0.2) is 23.3 Å². The standard InChI is InChI=1S/C17H19N3O3S/c1-2-11-3-5-14(6-4-11)20-9-12(7-15(20)21)16(22)18-8-13-10-24-17(23)19-13/h3-6,10,12H,2,7-9H2,1H3,(H,18,22)(H,19,23)/t12-/m0/s1. The van der Waals surface area contributed by atoms with Gasteiger partial charge >= 0.3 is 4.87 Å². The van der Waals surface area contributed by atoms with Crippen molar-refractivity contribution < 1.29 is 9.59 Å². The van der Waals surface area contributed by atoms with E-state index in [1.165, 1.54) is 5.56 Å². The Balaban J connectivity index is 1.60. The van der Waals surface area contributed by atoms with E-state index in [0.717, 1.165) is 23.4 Å². The second kappa shape index (κ2) is 7.00. The SMILES string of the molecule is CCc1ccc(N2C[C@@H](C(=O)NCc3csc(=O)[nH]3)CC2=O)cc1. The number of carbonyl (C=O) groups is 2. The number of rotatable bonds is 5. The highest BCUT2D eigenvalue weighted by Gasteiger charge is 2.34. The van der Waals surface area contributed by atoms with Gasteiger partial charge in [0.15, 0.2) is 0 Å². The van der Waals surface area contributed by atoms with E-state index in [9.17, 15) is 14.4 Å². The Bertz CT molecular complexity index is 794. The average molecular weight is 345 g/mol. The maximum Gasteiger partial charge on any atom is 0.304 e. The molecule has 24 heavy (non-hydrogen) atoms. The number of hydrogen-bond donors (Lipinski definition) is 2. The Labute approximate surface area is 143 Å². The summed E-state index contributed by atoms with van der Waals surface area (Å²) in [4.78, 5) is 39.7. The third kappa shape index (κ3) is 3.56. The van der Waals surface area contributed by atoms with Gasteiger partial charge in [0.1, 0.15) is 0 Å². The molecule has 2 N–H and O–H groups in total. The predicted molar refractivity (Wildman–Crippen MR) is 93.1 cm³/mol. The number of H-pyrrole nitrogens is 1. The van der Waals surface area contributed by atoms with Crippen LogP contribution in [0.3, 0.4) is 0 Å². The van der Waals surface area contributed by atoms with Crippen molar-refractivity contribution in [1.82, 2.24) is 10.3 Å². The van der Waals surface area contributed by atoms with Crippen molar-refractivity contribution in [3.63, 3.8) is 0 Å². The van der Waals surface area contributed by atoms with Crippen molar-refractivity contribution >= 4 is 28.8 Å². The number of aromatic amines is 1. The van der Waals surface area contributed by atoms with Gasteiger partial charge < -0.3 is 15.2 Å². The van der Waals surface area contributed by atoms with Crippen LogP contribution < -0.4 is 15.1 Å². The lowest BCUT2D eigenvalue weighted by atomic mass is 10.1. The number of anilines is 1. The van der Waals surface area contributed by atoms with Gasteiger partial charge in [0, 0.05) is 29.7 Å². The number of aromatic nitrogens is 1. The molecule has 0 aliphatic carbocycles. The zero-order chi connectivity index (χ0) is 17.1. The molecule has 0 saturated carbocycles. The molecule has 1 aliphatic heterocycles. The van der Waals surface area contributed by atoms with E-state index in [0.29, 0.717) is 12.2 Å². The third-order valence-corrected chi connectivity index (χ3v) is 4.89. The van der Waals surface area contributed by atoms with Crippen molar-refractivity contribution in [3.8, 4) is 0 Å². The molecular weight excluding hydrogens is 326 g/mol. The van der Waals surface area contributed by atoms with Crippen LogP contribution in [0.25, 0.3) is 0 Å². The van der Waals surface area contributed by atoms with E-state index in [1.807, 2.05) is 24.3 Å². The molecule has 7 heteroatoms. The Morgan fingerprint density at radius 2 is 2.08 bits per heavy atom. The van der Waals surface area contributed by atoms with E-state index in [1.54, 1.807) is 10.3 Å². The van der Waals surface area contributed by atoms with Crippen LogP contribution in [0.4, 0.5) is 5.69 Å². The van der Waals surface area contributed by atoms with Crippen LogP contribution >= 0.6 is 11.3 Å². The molecule has 1 atom stereocenters. The summed E-state index contributed by atoms with van der Waals surface area (Å²) in [5.74, 6) is -0.569. The minimum atomic E-state index is -0.367. The molecule has 1 aromatic carbocycles. The van der Waals surface area contributed by atoms with Crippen LogP contribution in [0.2, 0.25) is 0 Å². The fourth-order valence-electron chi connectivity index (χ4n) is 2.77. The lowest BCUT2D eigenvalue weighted by Gasteiger charge is -2.17. The molecule has 2 aromatic rings. The quantitative estimate of drug-likeness (QED) is 0.865. The zero-order valence-corrected chi connectivity index (χ0v) is 14.2. The molecule has 0 bridgehead atoms. The molecule has 6 nitrogen and oxygen atoms in total. The van der Waals surface area contributed by atoms with E-state index in [2.05, 4.69) is 17.2 Å². The lowest BCUT2D eigenvalue weighted by molar-refractivity contribution is -0.126. The molecule has 1 fully saturated rings. The van der Waals surface area contributed by atoms with E-state index < -0.39 is 0 Å². The number of hydrogen-bond acceptors (Lipinski definition) is 4. The molecule has 1 saturated heterocycles. The van der Waals surface area contributed by atoms with Crippen molar-refractivity contribution in [2.24, 2.45) is 5.92 Å². The molecule has 0 radical (unpaired) electrons. The normalized spacial score (nSPS) is 17.3. The first-order chi connectivity index (χ1) is 11.6. The first-order valence-electron chi connectivity index (χ1n) is 7.90. The highest BCUT2D eigenvalue weighted by atomic mass is 32.1. The van der Waals surface area contributed by atoms with Gasteiger partial charge in [0.05, 0.1) is 12.5 Å². The summed E-state index contributed by atoms with van der Waals surface area (Å²) in [5.41, 5.74) is 2.72. The summed E-state index contributed by atoms with van der Waals surface area (Å²) in [5, 5.41) is 4.47. The van der Waals surface area contributed by atoms with Crippen molar-refractivity contribution in [2.75, 3.05) is 11.4 Å². The summed E-state index contributed by atoms with van der Waals surface area (Å²) in [6.07, 6.45) is 1.16. The second-order valence-corrected chi connectivity index (χ2v) is 6.66. The monoisotopic (exact) mass is 345 g/mol. The first-order valence-corrected chi connectivity index (χ1v) is 8.78. The summed E-state index contributed by atoms with van der Waals surface area (Å²) in [7, 11) is 0. The molecule has 1 aromatic heterocycles. The van der Waals surface area contributed by atoms with Gasteiger partial charge in [0.2, 0.25) is 11.8 Å². The van der Waals surface area contributed by atoms with Crippen LogP contribution in [0.5, 0.6) is 0 Å². The van der Waals surface area contributed by atoms with Gasteiger partial charge in [-0.1, -0.05) is 30.4 Å². The molecule has 1 aliphatic rings. The maximum absolute atomic E-state index is 12.3.